The molecule has 0 radical (unpaired) electrons. The Morgan fingerprint density at radius 2 is 1.80 bits per heavy atom. The van der Waals surface area contributed by atoms with Crippen molar-refractivity contribution in [3.8, 4) is 0 Å². The fraction of sp³-hybridized carbons (Fsp3) is 0.158. The van der Waals surface area contributed by atoms with Gasteiger partial charge in [-0.3, -0.25) is 4.79 Å². The standard InChI is InChI=1S/C19H16Cl2N2OS/c1-10-6-8-12(9-7-10)17-15(11(2)24)18(23-19(25)22-17)13-4-3-5-14(20)16(13)21/h3-9,18H,1-2H3,(H2,22,23,25)/t18-/m0/s1. The predicted octanol–water partition coefficient (Wildman–Crippen LogP) is 4.82. The molecule has 0 aromatic heterocycles. The quantitative estimate of drug-likeness (QED) is 0.736. The third-order valence-electron chi connectivity index (χ3n) is 4.08. The maximum absolute atomic E-state index is 12.5. The number of rotatable bonds is 3. The highest BCUT2D eigenvalue weighted by atomic mass is 35.5. The van der Waals surface area contributed by atoms with Gasteiger partial charge in [0.05, 0.1) is 21.8 Å². The molecule has 1 aliphatic heterocycles. The molecule has 2 aromatic rings. The fourth-order valence-electron chi connectivity index (χ4n) is 2.87. The predicted molar refractivity (Wildman–Crippen MR) is 107 cm³/mol. The minimum absolute atomic E-state index is 0.0703. The lowest BCUT2D eigenvalue weighted by Gasteiger charge is -2.32. The van der Waals surface area contributed by atoms with Crippen LogP contribution < -0.4 is 10.6 Å². The molecule has 1 aliphatic rings. The maximum atomic E-state index is 12.5. The van der Waals surface area contributed by atoms with Crippen molar-refractivity contribution in [2.24, 2.45) is 0 Å². The summed E-state index contributed by atoms with van der Waals surface area (Å²) in [5.41, 5.74) is 4.01. The van der Waals surface area contributed by atoms with Crippen molar-refractivity contribution in [1.29, 1.82) is 0 Å². The van der Waals surface area contributed by atoms with Gasteiger partial charge in [-0.2, -0.15) is 0 Å². The van der Waals surface area contributed by atoms with Gasteiger partial charge in [-0.05, 0) is 43.3 Å². The van der Waals surface area contributed by atoms with Gasteiger partial charge in [0.25, 0.3) is 0 Å². The second-order valence-electron chi connectivity index (χ2n) is 5.89. The molecule has 0 spiro atoms. The third-order valence-corrected chi connectivity index (χ3v) is 5.14. The van der Waals surface area contributed by atoms with E-state index in [4.69, 9.17) is 35.4 Å². The van der Waals surface area contributed by atoms with Crippen LogP contribution in [-0.2, 0) is 4.79 Å². The van der Waals surface area contributed by atoms with Gasteiger partial charge < -0.3 is 10.6 Å². The number of carbonyl (C=O) groups excluding carboxylic acids is 1. The highest BCUT2D eigenvalue weighted by Crippen LogP contribution is 2.37. The van der Waals surface area contributed by atoms with Gasteiger partial charge >= 0.3 is 0 Å². The highest BCUT2D eigenvalue weighted by molar-refractivity contribution is 7.80. The first-order chi connectivity index (χ1) is 11.9. The summed E-state index contributed by atoms with van der Waals surface area (Å²) in [5, 5.41) is 7.54. The molecule has 0 aliphatic carbocycles. The van der Waals surface area contributed by atoms with Crippen LogP contribution in [0.3, 0.4) is 0 Å². The van der Waals surface area contributed by atoms with Crippen LogP contribution in [0.2, 0.25) is 10.0 Å². The van der Waals surface area contributed by atoms with Gasteiger partial charge in [-0.25, -0.2) is 0 Å². The largest absolute Gasteiger partial charge is 0.351 e. The van der Waals surface area contributed by atoms with E-state index in [9.17, 15) is 4.79 Å². The average Bonchev–Trinajstić information content (AvgIpc) is 2.57. The van der Waals surface area contributed by atoms with Gasteiger partial charge in [0.2, 0.25) is 0 Å². The molecule has 2 N–H and O–H groups in total. The highest BCUT2D eigenvalue weighted by Gasteiger charge is 2.31. The number of nitrogens with one attached hydrogen (secondary N) is 2. The number of halogens is 2. The summed E-state index contributed by atoms with van der Waals surface area (Å²) in [5.74, 6) is -0.0703. The van der Waals surface area contributed by atoms with E-state index in [0.717, 1.165) is 11.1 Å². The summed E-state index contributed by atoms with van der Waals surface area (Å²) >= 11 is 17.9. The molecule has 25 heavy (non-hydrogen) atoms. The van der Waals surface area contributed by atoms with Crippen LogP contribution in [0.15, 0.2) is 48.0 Å². The van der Waals surface area contributed by atoms with Crippen molar-refractivity contribution in [3.63, 3.8) is 0 Å². The minimum atomic E-state index is -0.464. The van der Waals surface area contributed by atoms with Crippen LogP contribution in [0.1, 0.15) is 29.7 Å². The van der Waals surface area contributed by atoms with Crippen molar-refractivity contribution in [2.45, 2.75) is 19.9 Å². The third kappa shape index (κ3) is 3.56. The number of hydrogen-bond acceptors (Lipinski definition) is 2. The van der Waals surface area contributed by atoms with E-state index in [1.807, 2.05) is 37.3 Å². The maximum Gasteiger partial charge on any atom is 0.171 e. The van der Waals surface area contributed by atoms with Gasteiger partial charge in [-0.15, -0.1) is 0 Å². The smallest absolute Gasteiger partial charge is 0.171 e. The van der Waals surface area contributed by atoms with E-state index in [1.54, 1.807) is 12.1 Å². The number of aryl methyl sites for hydroxylation is 1. The van der Waals surface area contributed by atoms with Crippen molar-refractivity contribution in [2.75, 3.05) is 0 Å². The number of hydrogen-bond donors (Lipinski definition) is 2. The Labute approximate surface area is 162 Å². The molecule has 128 valence electrons. The molecular formula is C19H16Cl2N2OS. The second kappa shape index (κ2) is 7.16. The zero-order chi connectivity index (χ0) is 18.1. The minimum Gasteiger partial charge on any atom is -0.351 e. The Morgan fingerprint density at radius 3 is 2.44 bits per heavy atom. The van der Waals surface area contributed by atoms with Gasteiger partial charge in [0.15, 0.2) is 10.9 Å². The lowest BCUT2D eigenvalue weighted by Crippen LogP contribution is -2.44. The van der Waals surface area contributed by atoms with Crippen LogP contribution >= 0.6 is 35.4 Å². The van der Waals surface area contributed by atoms with Crippen molar-refractivity contribution in [1.82, 2.24) is 10.6 Å². The first-order valence-corrected chi connectivity index (χ1v) is 8.88. The van der Waals surface area contributed by atoms with Gasteiger partial charge in [0.1, 0.15) is 0 Å². The van der Waals surface area contributed by atoms with E-state index in [1.165, 1.54) is 6.92 Å². The Morgan fingerprint density at radius 1 is 1.12 bits per heavy atom. The topological polar surface area (TPSA) is 41.1 Å². The number of benzene rings is 2. The molecule has 0 saturated carbocycles. The molecule has 2 aromatic carbocycles. The lowest BCUT2D eigenvalue weighted by molar-refractivity contribution is -0.113. The first kappa shape index (κ1) is 17.9. The van der Waals surface area contributed by atoms with E-state index in [2.05, 4.69) is 10.6 Å². The normalized spacial score (nSPS) is 17.1. The van der Waals surface area contributed by atoms with E-state index in [0.29, 0.717) is 32.0 Å². The van der Waals surface area contributed by atoms with Crippen LogP contribution in [-0.4, -0.2) is 10.9 Å². The first-order valence-electron chi connectivity index (χ1n) is 7.72. The molecule has 0 bridgehead atoms. The molecular weight excluding hydrogens is 375 g/mol. The molecule has 1 atom stereocenters. The number of carbonyl (C=O) groups is 1. The van der Waals surface area contributed by atoms with E-state index < -0.39 is 6.04 Å². The van der Waals surface area contributed by atoms with E-state index in [-0.39, 0.29) is 5.78 Å². The van der Waals surface area contributed by atoms with Crippen LogP contribution in [0.4, 0.5) is 0 Å². The molecule has 6 heteroatoms. The number of Topliss-reactive ketones (excluding diaryl/α,β-unsaturated/α-hetero) is 1. The Hall–Kier alpha value is -1.88. The number of thiocarbonyl (C=S) groups is 1. The molecule has 0 saturated heterocycles. The SMILES string of the molecule is CC(=O)C1=C(c2ccc(C)cc2)NC(=S)N[C@H]1c1cccc(Cl)c1Cl. The van der Waals surface area contributed by atoms with Crippen molar-refractivity contribution < 1.29 is 4.79 Å². The zero-order valence-electron chi connectivity index (χ0n) is 13.7. The van der Waals surface area contributed by atoms with Crippen molar-refractivity contribution >= 4 is 52.0 Å². The van der Waals surface area contributed by atoms with Crippen LogP contribution in [0.25, 0.3) is 5.70 Å². The van der Waals surface area contributed by atoms with Crippen LogP contribution in [0.5, 0.6) is 0 Å². The monoisotopic (exact) mass is 390 g/mol. The van der Waals surface area contributed by atoms with E-state index >= 15 is 0 Å². The molecule has 0 amide bonds. The van der Waals surface area contributed by atoms with Crippen LogP contribution in [0, 0.1) is 6.92 Å². The lowest BCUT2D eigenvalue weighted by atomic mass is 9.90. The fourth-order valence-corrected chi connectivity index (χ4v) is 3.51. The molecule has 3 nitrogen and oxygen atoms in total. The summed E-state index contributed by atoms with van der Waals surface area (Å²) in [7, 11) is 0. The average molecular weight is 391 g/mol. The summed E-state index contributed by atoms with van der Waals surface area (Å²) in [6, 6.07) is 12.8. The summed E-state index contributed by atoms with van der Waals surface area (Å²) in [4.78, 5) is 12.5. The van der Waals surface area contributed by atoms with Crippen molar-refractivity contribution in [3.05, 3.63) is 74.8 Å². The molecule has 3 rings (SSSR count). The molecule has 1 heterocycles. The van der Waals surface area contributed by atoms with Gasteiger partial charge in [0, 0.05) is 5.57 Å². The second-order valence-corrected chi connectivity index (χ2v) is 7.08. The Bertz CT molecular complexity index is 891. The summed E-state index contributed by atoms with van der Waals surface area (Å²) < 4.78 is 0. The summed E-state index contributed by atoms with van der Waals surface area (Å²) in [6.07, 6.45) is 0. The Kier molecular flexibility index (Phi) is 5.13. The zero-order valence-corrected chi connectivity index (χ0v) is 16.0. The molecule has 0 fully saturated rings. The van der Waals surface area contributed by atoms with Gasteiger partial charge in [-0.1, -0.05) is 65.2 Å². The Balaban J connectivity index is 2.22. The molecule has 0 unspecified atom stereocenters. The summed E-state index contributed by atoms with van der Waals surface area (Å²) in [6.45, 7) is 3.55. The number of ketones is 1.